The molecule has 0 atom stereocenters. The number of nitrogens with zero attached hydrogens (tertiary/aromatic N) is 2. The Morgan fingerprint density at radius 3 is 2.50 bits per heavy atom. The fraction of sp³-hybridized carbons (Fsp3) is 0.115. The monoisotopic (exact) mass is 362 g/mol. The van der Waals surface area contributed by atoms with Gasteiger partial charge in [0.1, 0.15) is 5.82 Å². The standard InChI is InChI=1S/C26H22N2/c1-19-8-6-9-20(16-19)18-28-25-15-5-4-14-24(25)27-26(28)17-22-12-7-11-21-10-2-3-13-23(21)22/h2-16H,17-18H2,1H3. The normalized spacial score (nSPS) is 11.3. The summed E-state index contributed by atoms with van der Waals surface area (Å²) in [4.78, 5) is 5.00. The van der Waals surface area contributed by atoms with E-state index in [2.05, 4.69) is 102 Å². The first-order chi connectivity index (χ1) is 13.8. The summed E-state index contributed by atoms with van der Waals surface area (Å²) < 4.78 is 2.37. The van der Waals surface area contributed by atoms with E-state index in [1.54, 1.807) is 0 Å². The third-order valence-corrected chi connectivity index (χ3v) is 5.39. The zero-order valence-electron chi connectivity index (χ0n) is 16.0. The summed E-state index contributed by atoms with van der Waals surface area (Å²) in [6, 6.07) is 32.3. The summed E-state index contributed by atoms with van der Waals surface area (Å²) in [6.07, 6.45) is 0.821. The van der Waals surface area contributed by atoms with E-state index in [1.165, 1.54) is 33.0 Å². The topological polar surface area (TPSA) is 17.8 Å². The van der Waals surface area contributed by atoms with Crippen LogP contribution in [0.25, 0.3) is 21.8 Å². The summed E-state index contributed by atoms with van der Waals surface area (Å²) >= 11 is 0. The van der Waals surface area contributed by atoms with Gasteiger partial charge in [-0.1, -0.05) is 84.4 Å². The number of imidazole rings is 1. The minimum atomic E-state index is 0.821. The molecule has 136 valence electrons. The Hall–Kier alpha value is -3.39. The third-order valence-electron chi connectivity index (χ3n) is 5.39. The molecule has 0 fully saturated rings. The number of aromatic nitrogens is 2. The van der Waals surface area contributed by atoms with Crippen LogP contribution in [0.5, 0.6) is 0 Å². The van der Waals surface area contributed by atoms with Crippen molar-refractivity contribution in [3.8, 4) is 0 Å². The second-order valence-electron chi connectivity index (χ2n) is 7.41. The quantitative estimate of drug-likeness (QED) is 0.376. The molecule has 5 aromatic rings. The van der Waals surface area contributed by atoms with E-state index in [9.17, 15) is 0 Å². The maximum absolute atomic E-state index is 5.00. The molecule has 0 spiro atoms. The van der Waals surface area contributed by atoms with Crippen molar-refractivity contribution in [1.29, 1.82) is 0 Å². The van der Waals surface area contributed by atoms with Crippen LogP contribution >= 0.6 is 0 Å². The number of hydrogen-bond acceptors (Lipinski definition) is 1. The fourth-order valence-corrected chi connectivity index (χ4v) is 4.05. The average molecular weight is 362 g/mol. The summed E-state index contributed by atoms with van der Waals surface area (Å²) in [7, 11) is 0. The number of rotatable bonds is 4. The molecule has 0 saturated carbocycles. The Balaban J connectivity index is 1.62. The van der Waals surface area contributed by atoms with E-state index in [0.29, 0.717) is 0 Å². The molecule has 0 aliphatic heterocycles. The number of hydrogen-bond donors (Lipinski definition) is 0. The van der Waals surface area contributed by atoms with Gasteiger partial charge >= 0.3 is 0 Å². The maximum Gasteiger partial charge on any atom is 0.114 e. The molecule has 0 unspecified atom stereocenters. The predicted octanol–water partition coefficient (Wildman–Crippen LogP) is 6.14. The number of benzene rings is 4. The SMILES string of the molecule is Cc1cccc(Cn2c(Cc3cccc4ccccc34)nc3ccccc32)c1. The van der Waals surface area contributed by atoms with Crippen molar-refractivity contribution < 1.29 is 0 Å². The highest BCUT2D eigenvalue weighted by molar-refractivity contribution is 5.86. The van der Waals surface area contributed by atoms with Gasteiger partial charge < -0.3 is 4.57 Å². The number of fused-ring (bicyclic) bond motifs is 2. The average Bonchev–Trinajstić information content (AvgIpc) is 3.05. The molecular formula is C26H22N2. The Morgan fingerprint density at radius 2 is 1.57 bits per heavy atom. The second-order valence-corrected chi connectivity index (χ2v) is 7.41. The van der Waals surface area contributed by atoms with Crippen molar-refractivity contribution in [2.75, 3.05) is 0 Å². The minimum Gasteiger partial charge on any atom is -0.323 e. The molecule has 4 aromatic carbocycles. The van der Waals surface area contributed by atoms with E-state index in [1.807, 2.05) is 0 Å². The lowest BCUT2D eigenvalue weighted by Crippen LogP contribution is -2.06. The molecule has 2 nitrogen and oxygen atoms in total. The van der Waals surface area contributed by atoms with Gasteiger partial charge in [0.05, 0.1) is 11.0 Å². The first-order valence-electron chi connectivity index (χ1n) is 9.74. The highest BCUT2D eigenvalue weighted by atomic mass is 15.1. The zero-order valence-corrected chi connectivity index (χ0v) is 16.0. The van der Waals surface area contributed by atoms with Crippen LogP contribution in [-0.2, 0) is 13.0 Å². The molecule has 0 aliphatic rings. The lowest BCUT2D eigenvalue weighted by atomic mass is 10.0. The van der Waals surface area contributed by atoms with Crippen LogP contribution in [0.3, 0.4) is 0 Å². The fourth-order valence-electron chi connectivity index (χ4n) is 4.05. The molecule has 1 aromatic heterocycles. The Bertz CT molecular complexity index is 1270. The van der Waals surface area contributed by atoms with Crippen LogP contribution in [0.15, 0.2) is 91.0 Å². The highest BCUT2D eigenvalue weighted by Crippen LogP contribution is 2.24. The maximum atomic E-state index is 5.00. The molecular weight excluding hydrogens is 340 g/mol. The molecule has 1 heterocycles. The summed E-state index contributed by atoms with van der Waals surface area (Å²) in [5.74, 6) is 1.11. The number of aryl methyl sites for hydroxylation is 1. The summed E-state index contributed by atoms with van der Waals surface area (Å²) in [5, 5.41) is 2.58. The zero-order chi connectivity index (χ0) is 18.9. The van der Waals surface area contributed by atoms with Gasteiger partial charge in [0.2, 0.25) is 0 Å². The minimum absolute atomic E-state index is 0.821. The van der Waals surface area contributed by atoms with Gasteiger partial charge in [-0.25, -0.2) is 4.98 Å². The first kappa shape index (κ1) is 16.8. The summed E-state index contributed by atoms with van der Waals surface area (Å²) in [6.45, 7) is 2.98. The van der Waals surface area contributed by atoms with Crippen LogP contribution in [0.2, 0.25) is 0 Å². The Labute approximate surface area is 165 Å². The molecule has 0 aliphatic carbocycles. The van der Waals surface area contributed by atoms with E-state index >= 15 is 0 Å². The highest BCUT2D eigenvalue weighted by Gasteiger charge is 2.13. The molecule has 0 bridgehead atoms. The van der Waals surface area contributed by atoms with Crippen molar-refractivity contribution in [1.82, 2.24) is 9.55 Å². The Kier molecular flexibility index (Phi) is 4.17. The van der Waals surface area contributed by atoms with E-state index < -0.39 is 0 Å². The van der Waals surface area contributed by atoms with Gasteiger partial charge in [-0.15, -0.1) is 0 Å². The molecule has 0 N–H and O–H groups in total. The summed E-state index contributed by atoms with van der Waals surface area (Å²) in [5.41, 5.74) is 6.17. The van der Waals surface area contributed by atoms with Gasteiger partial charge in [0, 0.05) is 13.0 Å². The largest absolute Gasteiger partial charge is 0.323 e. The second kappa shape index (κ2) is 6.97. The first-order valence-corrected chi connectivity index (χ1v) is 9.74. The predicted molar refractivity (Wildman–Crippen MR) is 117 cm³/mol. The molecule has 5 rings (SSSR count). The van der Waals surface area contributed by atoms with Crippen LogP contribution in [-0.4, -0.2) is 9.55 Å². The van der Waals surface area contributed by atoms with E-state index in [-0.39, 0.29) is 0 Å². The molecule has 0 saturated heterocycles. The smallest absolute Gasteiger partial charge is 0.114 e. The van der Waals surface area contributed by atoms with Gasteiger partial charge in [0.25, 0.3) is 0 Å². The van der Waals surface area contributed by atoms with Crippen molar-refractivity contribution in [2.24, 2.45) is 0 Å². The molecule has 0 amide bonds. The van der Waals surface area contributed by atoms with Crippen LogP contribution in [0, 0.1) is 6.92 Å². The lowest BCUT2D eigenvalue weighted by Gasteiger charge is -2.12. The van der Waals surface area contributed by atoms with Crippen LogP contribution in [0.1, 0.15) is 22.5 Å². The van der Waals surface area contributed by atoms with Crippen molar-refractivity contribution >= 4 is 21.8 Å². The molecule has 0 radical (unpaired) electrons. The number of para-hydroxylation sites is 2. The Morgan fingerprint density at radius 1 is 0.786 bits per heavy atom. The molecule has 2 heteroatoms. The van der Waals surface area contributed by atoms with E-state index in [0.717, 1.165) is 24.3 Å². The molecule has 28 heavy (non-hydrogen) atoms. The third kappa shape index (κ3) is 3.07. The van der Waals surface area contributed by atoms with Gasteiger partial charge in [0.15, 0.2) is 0 Å². The van der Waals surface area contributed by atoms with Crippen LogP contribution < -0.4 is 0 Å². The van der Waals surface area contributed by atoms with Crippen LogP contribution in [0.4, 0.5) is 0 Å². The van der Waals surface area contributed by atoms with Gasteiger partial charge in [-0.3, -0.25) is 0 Å². The van der Waals surface area contributed by atoms with Gasteiger partial charge in [-0.05, 0) is 41.0 Å². The van der Waals surface area contributed by atoms with Crippen molar-refractivity contribution in [3.05, 3.63) is 114 Å². The van der Waals surface area contributed by atoms with Crippen molar-refractivity contribution in [2.45, 2.75) is 19.9 Å². The lowest BCUT2D eigenvalue weighted by molar-refractivity contribution is 0.763. The van der Waals surface area contributed by atoms with E-state index in [4.69, 9.17) is 4.98 Å². The van der Waals surface area contributed by atoms with Crippen molar-refractivity contribution in [3.63, 3.8) is 0 Å². The van der Waals surface area contributed by atoms with Gasteiger partial charge in [-0.2, -0.15) is 0 Å².